The molecule has 24 heteroatoms. The van der Waals surface area contributed by atoms with Crippen molar-refractivity contribution in [3.05, 3.63) is 70.8 Å². The largest absolute Gasteiger partial charge is 0.416 e. The molecule has 0 aromatic heterocycles. The van der Waals surface area contributed by atoms with Gasteiger partial charge in [-0.3, -0.25) is 20.4 Å². The fourth-order valence-corrected chi connectivity index (χ4v) is 7.99. The molecule has 3 aromatic rings. The van der Waals surface area contributed by atoms with Gasteiger partial charge in [0.25, 0.3) is 0 Å². The highest BCUT2D eigenvalue weighted by atomic mass is 19.4. The number of nitrogens with one attached hydrogen (secondary N) is 12. The number of hydrogen-bond donors (Lipinski definition) is 14. The molecule has 2 fully saturated rings. The minimum Gasteiger partial charge on any atom is -0.370 e. The topological polar surface area (TPSA) is 288 Å². The number of anilines is 6. The Morgan fingerprint density at radius 3 is 1.39 bits per heavy atom. The molecular weight excluding hydrogens is 915 g/mol. The number of unbranched alkanes of at least 4 members (excludes halogenated alkanes) is 2. The number of rotatable bonds is 21. The van der Waals surface area contributed by atoms with Crippen LogP contribution in [0.25, 0.3) is 0 Å². The molecule has 18 nitrogen and oxygen atoms in total. The van der Waals surface area contributed by atoms with Gasteiger partial charge in [-0.2, -0.15) is 26.3 Å². The second kappa shape index (κ2) is 25.0. The molecule has 376 valence electrons. The minimum atomic E-state index is -4.84. The lowest BCUT2D eigenvalue weighted by Gasteiger charge is -2.22. The van der Waals surface area contributed by atoms with Gasteiger partial charge in [0.1, 0.15) is 0 Å². The van der Waals surface area contributed by atoms with Crippen molar-refractivity contribution in [2.75, 3.05) is 71.2 Å². The maximum absolute atomic E-state index is 14.3. The molecule has 69 heavy (non-hydrogen) atoms. The van der Waals surface area contributed by atoms with E-state index in [0.717, 1.165) is 37.2 Å². The van der Waals surface area contributed by atoms with E-state index in [1.807, 2.05) is 0 Å². The number of halogens is 6. The van der Waals surface area contributed by atoms with Crippen LogP contribution in [0.4, 0.5) is 70.1 Å². The van der Waals surface area contributed by atoms with Crippen molar-refractivity contribution >= 4 is 69.9 Å². The monoisotopic (exact) mass is 974 g/mol. The Balaban J connectivity index is 1.30. The number of nitrogens with two attached hydrogens (primary N) is 2. The second-order valence-corrected chi connectivity index (χ2v) is 17.0. The number of alkyl halides is 6. The van der Waals surface area contributed by atoms with Crippen LogP contribution in [0, 0.1) is 22.7 Å². The van der Waals surface area contributed by atoms with Crippen LogP contribution in [0.2, 0.25) is 0 Å². The zero-order valence-electron chi connectivity index (χ0n) is 37.8. The zero-order chi connectivity index (χ0) is 50.1. The first-order chi connectivity index (χ1) is 32.7. The molecule has 5 rings (SSSR count). The first kappa shape index (κ1) is 53.1. The number of carbonyl (C=O) groups excluding carboxylic acids is 4. The van der Waals surface area contributed by atoms with Crippen molar-refractivity contribution in [3.63, 3.8) is 0 Å². The summed E-state index contributed by atoms with van der Waals surface area (Å²) in [6.07, 6.45) is -5.45. The third-order valence-electron chi connectivity index (χ3n) is 11.5. The van der Waals surface area contributed by atoms with Crippen LogP contribution in [-0.4, -0.2) is 75.1 Å². The Hall–Kier alpha value is -6.82. The summed E-state index contributed by atoms with van der Waals surface area (Å²) in [5.41, 5.74) is 8.78. The van der Waals surface area contributed by atoms with Crippen LogP contribution in [0.5, 0.6) is 0 Å². The summed E-state index contributed by atoms with van der Waals surface area (Å²) >= 11 is 0. The number of guanidine groups is 2. The Labute approximate surface area is 395 Å². The van der Waals surface area contributed by atoms with E-state index in [4.69, 9.17) is 22.3 Å². The van der Waals surface area contributed by atoms with Gasteiger partial charge in [0, 0.05) is 60.1 Å². The molecule has 2 atom stereocenters. The predicted molar refractivity (Wildman–Crippen MR) is 253 cm³/mol. The maximum Gasteiger partial charge on any atom is 0.416 e. The van der Waals surface area contributed by atoms with Crippen molar-refractivity contribution in [3.8, 4) is 0 Å². The SMILES string of the molecule is N=C(N)NCCCCC(=O)Nc1cc(C(F)(F)F)cc(NC(=O)Nc2ccc(NC(=O)Nc3cc(C(F)(F)F)cc(NC(=O)CCCCNC(=N)N)c3CC3CCNC3)cc2)c1CCC1CCNC1. The van der Waals surface area contributed by atoms with Gasteiger partial charge in [0.05, 0.1) is 11.1 Å². The van der Waals surface area contributed by atoms with Gasteiger partial charge in [-0.05, 0) is 155 Å². The van der Waals surface area contributed by atoms with Crippen molar-refractivity contribution in [1.82, 2.24) is 21.3 Å². The number of benzene rings is 3. The molecule has 2 saturated heterocycles. The molecule has 0 spiro atoms. The van der Waals surface area contributed by atoms with Crippen LogP contribution in [0.1, 0.15) is 80.0 Å². The lowest BCUT2D eigenvalue weighted by molar-refractivity contribution is -0.138. The van der Waals surface area contributed by atoms with Gasteiger partial charge in [-0.1, -0.05) is 0 Å². The molecule has 3 aromatic carbocycles. The van der Waals surface area contributed by atoms with E-state index in [1.165, 1.54) is 24.3 Å². The van der Waals surface area contributed by atoms with Gasteiger partial charge < -0.3 is 64.6 Å². The van der Waals surface area contributed by atoms with Crippen LogP contribution in [0.3, 0.4) is 0 Å². The van der Waals surface area contributed by atoms with Crippen LogP contribution >= 0.6 is 0 Å². The van der Waals surface area contributed by atoms with E-state index in [-0.39, 0.29) is 83.6 Å². The third-order valence-corrected chi connectivity index (χ3v) is 11.5. The lowest BCUT2D eigenvalue weighted by atomic mass is 9.94. The summed E-state index contributed by atoms with van der Waals surface area (Å²) in [5.74, 6) is -1.31. The fraction of sp³-hybridized carbons (Fsp3) is 0.467. The van der Waals surface area contributed by atoms with Crippen molar-refractivity contribution in [2.24, 2.45) is 23.3 Å². The number of urea groups is 2. The first-order valence-corrected chi connectivity index (χ1v) is 22.6. The zero-order valence-corrected chi connectivity index (χ0v) is 37.8. The first-order valence-electron chi connectivity index (χ1n) is 22.6. The van der Waals surface area contributed by atoms with E-state index in [1.54, 1.807) is 0 Å². The summed E-state index contributed by atoms with van der Waals surface area (Å²) in [5, 5.41) is 41.6. The van der Waals surface area contributed by atoms with Crippen LogP contribution < -0.4 is 64.6 Å². The van der Waals surface area contributed by atoms with Crippen molar-refractivity contribution < 1.29 is 45.5 Å². The van der Waals surface area contributed by atoms with E-state index in [9.17, 15) is 45.5 Å². The van der Waals surface area contributed by atoms with Gasteiger partial charge >= 0.3 is 24.4 Å². The van der Waals surface area contributed by atoms with Crippen molar-refractivity contribution in [2.45, 2.75) is 83.0 Å². The highest BCUT2D eigenvalue weighted by Gasteiger charge is 2.35. The molecule has 2 aliphatic heterocycles. The molecule has 0 radical (unpaired) electrons. The summed E-state index contributed by atoms with van der Waals surface area (Å²) in [7, 11) is 0. The molecule has 2 unspecified atom stereocenters. The quantitative estimate of drug-likeness (QED) is 0.0227. The van der Waals surface area contributed by atoms with E-state index < -0.39 is 47.4 Å². The van der Waals surface area contributed by atoms with Gasteiger partial charge in [-0.15, -0.1) is 0 Å². The summed E-state index contributed by atoms with van der Waals surface area (Å²) < 4.78 is 85.5. The lowest BCUT2D eigenvalue weighted by Crippen LogP contribution is -2.31. The molecule has 6 amide bonds. The van der Waals surface area contributed by atoms with Gasteiger partial charge in [-0.25, -0.2) is 9.59 Å². The van der Waals surface area contributed by atoms with E-state index >= 15 is 0 Å². The molecule has 0 saturated carbocycles. The van der Waals surface area contributed by atoms with E-state index in [0.29, 0.717) is 82.4 Å². The van der Waals surface area contributed by atoms with Crippen molar-refractivity contribution in [1.29, 1.82) is 10.8 Å². The molecule has 0 bridgehead atoms. The third kappa shape index (κ3) is 17.7. The Bertz CT molecular complexity index is 2280. The fourth-order valence-electron chi connectivity index (χ4n) is 7.99. The van der Waals surface area contributed by atoms with Gasteiger partial charge in [0.2, 0.25) is 11.8 Å². The number of carbonyl (C=O) groups is 4. The molecule has 2 heterocycles. The van der Waals surface area contributed by atoms with Crippen LogP contribution in [-0.2, 0) is 34.8 Å². The minimum absolute atomic E-state index is 0.00264. The number of amides is 6. The summed E-state index contributed by atoms with van der Waals surface area (Å²) in [4.78, 5) is 52.8. The van der Waals surface area contributed by atoms with Crippen LogP contribution in [0.15, 0.2) is 48.5 Å². The highest BCUT2D eigenvalue weighted by molar-refractivity contribution is 6.03. The molecule has 16 N–H and O–H groups in total. The maximum atomic E-state index is 14.3. The van der Waals surface area contributed by atoms with Gasteiger partial charge in [0.15, 0.2) is 11.9 Å². The van der Waals surface area contributed by atoms with E-state index in [2.05, 4.69) is 53.2 Å². The highest BCUT2D eigenvalue weighted by Crippen LogP contribution is 2.40. The molecule has 0 aliphatic carbocycles. The smallest absolute Gasteiger partial charge is 0.370 e. The summed E-state index contributed by atoms with van der Waals surface area (Å²) in [6.45, 7) is 3.43. The number of hydrogen-bond acceptors (Lipinski definition) is 8. The summed E-state index contributed by atoms with van der Waals surface area (Å²) in [6, 6.07) is 7.05. The standard InChI is InChI=1S/C45H60F6N14O4/c46-44(47,48)28-20-34(62-38(66)5-1-3-15-58-40(52)53)32(12-7-26-13-17-56-24-26)35(21-28)64-42(68)60-30-8-10-31(11-9-30)61-43(69)65-37-23-29(45(49,50)51)22-36(33(37)19-27-14-18-57-25-27)63-39(67)6-2-4-16-59-41(54)55/h8-11,20-23,26-27,56-57H,1-7,12-19,24-25H2,(H,62,66)(H,63,67)(H4,52,53,58)(H4,54,55,59)(H2,60,64,68)(H2,61,65,69). The Kier molecular flexibility index (Phi) is 19.2. The molecular formula is C45H60F6N14O4. The molecule has 2 aliphatic rings. The average molecular weight is 975 g/mol. The predicted octanol–water partition coefficient (Wildman–Crippen LogP) is 6.89. The Morgan fingerprint density at radius 1 is 0.580 bits per heavy atom. The average Bonchev–Trinajstić information content (AvgIpc) is 3.99. The normalized spacial score (nSPS) is 15.7. The second-order valence-electron chi connectivity index (χ2n) is 17.0. The Morgan fingerprint density at radius 2 is 0.986 bits per heavy atom.